The van der Waals surface area contributed by atoms with Crippen molar-refractivity contribution in [2.75, 3.05) is 7.05 Å². The summed E-state index contributed by atoms with van der Waals surface area (Å²) in [4.78, 5) is 38.6. The molecule has 9 heteroatoms. The van der Waals surface area contributed by atoms with Crippen LogP contribution in [0, 0.1) is 5.82 Å². The van der Waals surface area contributed by atoms with Crippen LogP contribution in [0.25, 0.3) is 5.69 Å². The maximum atomic E-state index is 13.0. The Kier molecular flexibility index (Phi) is 5.30. The lowest BCUT2D eigenvalue weighted by Crippen LogP contribution is -2.32. The second kappa shape index (κ2) is 7.81. The molecule has 0 radical (unpaired) electrons. The lowest BCUT2D eigenvalue weighted by Gasteiger charge is -2.16. The Morgan fingerprint density at radius 2 is 1.96 bits per heavy atom. The van der Waals surface area contributed by atoms with Crippen LogP contribution in [0.5, 0.6) is 0 Å². The lowest BCUT2D eigenvalue weighted by atomic mass is 10.3. The predicted molar refractivity (Wildman–Crippen MR) is 95.9 cm³/mol. The SMILES string of the molecule is CN(Cc1cnn(-c2ccc(F)cc2)c1)C(=O)CCn1ccc(=O)[nH]c1=O. The van der Waals surface area contributed by atoms with Gasteiger partial charge >= 0.3 is 5.69 Å². The normalized spacial score (nSPS) is 10.7. The quantitative estimate of drug-likeness (QED) is 0.697. The van der Waals surface area contributed by atoms with Crippen molar-refractivity contribution in [3.63, 3.8) is 0 Å². The van der Waals surface area contributed by atoms with Crippen molar-refractivity contribution < 1.29 is 9.18 Å². The number of nitrogens with one attached hydrogen (secondary N) is 1. The van der Waals surface area contributed by atoms with Gasteiger partial charge in [0.05, 0.1) is 11.9 Å². The minimum absolute atomic E-state index is 0.120. The lowest BCUT2D eigenvalue weighted by molar-refractivity contribution is -0.130. The number of amides is 1. The highest BCUT2D eigenvalue weighted by Gasteiger charge is 2.11. The Labute approximate surface area is 153 Å². The summed E-state index contributed by atoms with van der Waals surface area (Å²) in [6, 6.07) is 7.17. The molecule has 0 aliphatic carbocycles. The summed E-state index contributed by atoms with van der Waals surface area (Å²) in [5.41, 5.74) is 0.516. The van der Waals surface area contributed by atoms with Gasteiger partial charge in [0.25, 0.3) is 5.56 Å². The van der Waals surface area contributed by atoms with Crippen molar-refractivity contribution in [3.8, 4) is 5.69 Å². The number of H-pyrrole nitrogens is 1. The Hall–Kier alpha value is -3.49. The molecule has 3 rings (SSSR count). The maximum absolute atomic E-state index is 13.0. The number of nitrogens with zero attached hydrogens (tertiary/aromatic N) is 4. The van der Waals surface area contributed by atoms with Crippen LogP contribution < -0.4 is 11.2 Å². The Bertz CT molecular complexity index is 1050. The van der Waals surface area contributed by atoms with E-state index in [2.05, 4.69) is 10.1 Å². The van der Waals surface area contributed by atoms with E-state index >= 15 is 0 Å². The van der Waals surface area contributed by atoms with E-state index in [1.807, 2.05) is 0 Å². The van der Waals surface area contributed by atoms with Gasteiger partial charge in [0.2, 0.25) is 5.91 Å². The zero-order chi connectivity index (χ0) is 19.4. The molecule has 1 amide bonds. The number of carbonyl (C=O) groups is 1. The van der Waals surface area contributed by atoms with Crippen LogP contribution in [0.15, 0.2) is 58.5 Å². The Morgan fingerprint density at radius 3 is 2.67 bits per heavy atom. The number of benzene rings is 1. The van der Waals surface area contributed by atoms with Gasteiger partial charge in [-0.05, 0) is 24.3 Å². The van der Waals surface area contributed by atoms with Gasteiger partial charge < -0.3 is 9.47 Å². The highest BCUT2D eigenvalue weighted by Crippen LogP contribution is 2.11. The van der Waals surface area contributed by atoms with Gasteiger partial charge in [-0.2, -0.15) is 5.10 Å². The number of hydrogen-bond acceptors (Lipinski definition) is 4. The van der Waals surface area contributed by atoms with E-state index in [9.17, 15) is 18.8 Å². The number of aromatic amines is 1. The van der Waals surface area contributed by atoms with Gasteiger partial charge in [-0.25, -0.2) is 13.9 Å². The fourth-order valence-corrected chi connectivity index (χ4v) is 2.57. The first kappa shape index (κ1) is 18.3. The second-order valence-corrected chi connectivity index (χ2v) is 6.07. The number of carbonyl (C=O) groups excluding carboxylic acids is 1. The van der Waals surface area contributed by atoms with Crippen molar-refractivity contribution in [3.05, 3.63) is 81.1 Å². The third-order valence-corrected chi connectivity index (χ3v) is 4.04. The summed E-state index contributed by atoms with van der Waals surface area (Å²) >= 11 is 0. The van der Waals surface area contributed by atoms with Crippen LogP contribution in [0.1, 0.15) is 12.0 Å². The number of rotatable bonds is 6. The minimum atomic E-state index is -0.543. The van der Waals surface area contributed by atoms with E-state index in [0.717, 1.165) is 5.56 Å². The monoisotopic (exact) mass is 371 g/mol. The molecule has 140 valence electrons. The third kappa shape index (κ3) is 4.57. The van der Waals surface area contributed by atoms with Crippen LogP contribution >= 0.6 is 0 Å². The van der Waals surface area contributed by atoms with Crippen LogP contribution in [0.2, 0.25) is 0 Å². The first-order chi connectivity index (χ1) is 12.9. The van der Waals surface area contributed by atoms with Crippen LogP contribution in [-0.2, 0) is 17.9 Å². The van der Waals surface area contributed by atoms with E-state index < -0.39 is 11.2 Å². The van der Waals surface area contributed by atoms with E-state index in [-0.39, 0.29) is 24.7 Å². The number of aromatic nitrogens is 4. The average molecular weight is 371 g/mol. The van der Waals surface area contributed by atoms with E-state index in [0.29, 0.717) is 12.2 Å². The van der Waals surface area contributed by atoms with Crippen molar-refractivity contribution in [2.45, 2.75) is 19.5 Å². The highest BCUT2D eigenvalue weighted by molar-refractivity contribution is 5.75. The largest absolute Gasteiger partial charge is 0.341 e. The van der Waals surface area contributed by atoms with Gasteiger partial charge in [0, 0.05) is 50.6 Å². The summed E-state index contributed by atoms with van der Waals surface area (Å²) < 4.78 is 15.9. The van der Waals surface area contributed by atoms with Crippen LogP contribution in [-0.4, -0.2) is 37.2 Å². The van der Waals surface area contributed by atoms with Gasteiger partial charge in [0.1, 0.15) is 5.82 Å². The molecule has 0 saturated carbocycles. The summed E-state index contributed by atoms with van der Waals surface area (Å²) in [5, 5.41) is 4.22. The second-order valence-electron chi connectivity index (χ2n) is 6.07. The molecular formula is C18H18FN5O3. The van der Waals surface area contributed by atoms with E-state index in [4.69, 9.17) is 0 Å². The van der Waals surface area contributed by atoms with Crippen molar-refractivity contribution in [1.82, 2.24) is 24.2 Å². The minimum Gasteiger partial charge on any atom is -0.341 e. The fraction of sp³-hybridized carbons (Fsp3) is 0.222. The summed E-state index contributed by atoms with van der Waals surface area (Å²) in [7, 11) is 1.66. The number of aryl methyl sites for hydroxylation is 1. The van der Waals surface area contributed by atoms with Gasteiger partial charge in [-0.1, -0.05) is 0 Å². The molecule has 27 heavy (non-hydrogen) atoms. The number of halogens is 1. The van der Waals surface area contributed by atoms with Gasteiger partial charge in [-0.15, -0.1) is 0 Å². The van der Waals surface area contributed by atoms with Crippen LogP contribution in [0.4, 0.5) is 4.39 Å². The molecule has 2 heterocycles. The Balaban J connectivity index is 1.59. The van der Waals surface area contributed by atoms with Crippen molar-refractivity contribution in [1.29, 1.82) is 0 Å². The Morgan fingerprint density at radius 1 is 1.22 bits per heavy atom. The first-order valence-corrected chi connectivity index (χ1v) is 8.25. The molecule has 1 aromatic carbocycles. The molecule has 0 spiro atoms. The van der Waals surface area contributed by atoms with Gasteiger partial charge in [0.15, 0.2) is 0 Å². The average Bonchev–Trinajstić information content (AvgIpc) is 3.09. The van der Waals surface area contributed by atoms with Crippen molar-refractivity contribution in [2.24, 2.45) is 0 Å². The smallest absolute Gasteiger partial charge is 0.328 e. The van der Waals surface area contributed by atoms with Gasteiger partial charge in [-0.3, -0.25) is 14.6 Å². The summed E-state index contributed by atoms with van der Waals surface area (Å²) in [6.45, 7) is 0.522. The molecule has 1 N–H and O–H groups in total. The van der Waals surface area contributed by atoms with Crippen LogP contribution in [0.3, 0.4) is 0 Å². The zero-order valence-corrected chi connectivity index (χ0v) is 14.6. The molecule has 0 fully saturated rings. The maximum Gasteiger partial charge on any atom is 0.328 e. The molecular weight excluding hydrogens is 353 g/mol. The summed E-state index contributed by atoms with van der Waals surface area (Å²) in [6.07, 6.45) is 4.89. The molecule has 0 aliphatic rings. The highest BCUT2D eigenvalue weighted by atomic mass is 19.1. The molecule has 0 unspecified atom stereocenters. The fourth-order valence-electron chi connectivity index (χ4n) is 2.57. The molecule has 0 aliphatic heterocycles. The molecule has 0 saturated heterocycles. The van der Waals surface area contributed by atoms with E-state index in [1.54, 1.807) is 36.3 Å². The summed E-state index contributed by atoms with van der Waals surface area (Å²) in [5.74, 6) is -0.472. The standard InChI is InChI=1S/C18H18FN5O3/c1-22(17(26)7-9-23-8-6-16(25)21-18(23)27)11-13-10-20-24(12-13)15-4-2-14(19)3-5-15/h2-6,8,10,12H,7,9,11H2,1H3,(H,21,25,27). The third-order valence-electron chi connectivity index (χ3n) is 4.04. The van der Waals surface area contributed by atoms with Crippen molar-refractivity contribution >= 4 is 5.91 Å². The topological polar surface area (TPSA) is 93.0 Å². The molecule has 2 aromatic heterocycles. The molecule has 8 nitrogen and oxygen atoms in total. The van der Waals surface area contributed by atoms with E-state index in [1.165, 1.54) is 33.9 Å². The first-order valence-electron chi connectivity index (χ1n) is 8.25. The molecule has 0 bridgehead atoms. The molecule has 0 atom stereocenters. The molecule has 3 aromatic rings. The zero-order valence-electron chi connectivity index (χ0n) is 14.6. The predicted octanol–water partition coefficient (Wildman–Crippen LogP) is 0.910. The number of hydrogen-bond donors (Lipinski definition) is 1.